The molecule has 0 saturated carbocycles. The molecule has 0 aliphatic rings. The van der Waals surface area contributed by atoms with Crippen molar-refractivity contribution in [2.24, 2.45) is 5.73 Å². The minimum atomic E-state index is 0.0327. The highest BCUT2D eigenvalue weighted by molar-refractivity contribution is 5.80. The molecule has 0 fully saturated rings. The van der Waals surface area contributed by atoms with Crippen LogP contribution in [0.1, 0.15) is 5.56 Å². The number of methoxy groups -OCH3 is 1. The second kappa shape index (κ2) is 8.15. The molecule has 4 aromatic rings. The molecule has 1 atom stereocenters. The van der Waals surface area contributed by atoms with E-state index in [4.69, 9.17) is 14.9 Å². The number of rotatable bonds is 7. The van der Waals surface area contributed by atoms with Crippen LogP contribution in [0.2, 0.25) is 0 Å². The maximum Gasteiger partial charge on any atom is 0.227 e. The molecule has 3 N–H and O–H groups in total. The Morgan fingerprint density at radius 2 is 1.82 bits per heavy atom. The number of ether oxygens (including phenoxy) is 1. The lowest BCUT2D eigenvalue weighted by Crippen LogP contribution is -2.31. The molecular formula is C23H23N3O2. The number of nitrogens with two attached hydrogens (primary N) is 1. The van der Waals surface area contributed by atoms with Gasteiger partial charge in [-0.1, -0.05) is 30.3 Å². The Balaban J connectivity index is 1.44. The predicted octanol–water partition coefficient (Wildman–Crippen LogP) is 4.49. The van der Waals surface area contributed by atoms with E-state index in [1.165, 1.54) is 5.56 Å². The molecule has 5 nitrogen and oxygen atoms in total. The highest BCUT2D eigenvalue weighted by Gasteiger charge is 2.10. The van der Waals surface area contributed by atoms with Crippen molar-refractivity contribution in [2.45, 2.75) is 12.5 Å². The Morgan fingerprint density at radius 3 is 2.57 bits per heavy atom. The fourth-order valence-corrected chi connectivity index (χ4v) is 3.13. The Bertz CT molecular complexity index is 1040. The van der Waals surface area contributed by atoms with Crippen LogP contribution in [-0.4, -0.2) is 24.7 Å². The molecule has 142 valence electrons. The van der Waals surface area contributed by atoms with E-state index in [-0.39, 0.29) is 6.04 Å². The highest BCUT2D eigenvalue weighted by Crippen LogP contribution is 2.27. The Morgan fingerprint density at radius 1 is 1.04 bits per heavy atom. The minimum Gasteiger partial charge on any atom is -0.497 e. The van der Waals surface area contributed by atoms with Gasteiger partial charge in [0, 0.05) is 23.8 Å². The van der Waals surface area contributed by atoms with Gasteiger partial charge in [0.15, 0.2) is 5.58 Å². The van der Waals surface area contributed by atoms with Crippen molar-refractivity contribution in [2.75, 3.05) is 19.0 Å². The molecule has 0 spiro atoms. The van der Waals surface area contributed by atoms with Gasteiger partial charge in [-0.25, -0.2) is 4.98 Å². The van der Waals surface area contributed by atoms with Crippen LogP contribution >= 0.6 is 0 Å². The van der Waals surface area contributed by atoms with Crippen LogP contribution in [0.25, 0.3) is 22.6 Å². The van der Waals surface area contributed by atoms with Gasteiger partial charge in [-0.2, -0.15) is 0 Å². The van der Waals surface area contributed by atoms with E-state index in [9.17, 15) is 0 Å². The van der Waals surface area contributed by atoms with Crippen molar-refractivity contribution in [3.05, 3.63) is 78.4 Å². The fraction of sp³-hybridized carbons (Fsp3) is 0.174. The van der Waals surface area contributed by atoms with Gasteiger partial charge in [0.1, 0.15) is 11.3 Å². The van der Waals surface area contributed by atoms with E-state index in [1.807, 2.05) is 60.7 Å². The van der Waals surface area contributed by atoms with Gasteiger partial charge in [-0.15, -0.1) is 0 Å². The molecule has 28 heavy (non-hydrogen) atoms. The van der Waals surface area contributed by atoms with E-state index in [2.05, 4.69) is 22.4 Å². The van der Waals surface area contributed by atoms with E-state index in [0.29, 0.717) is 12.4 Å². The number of oxazole rings is 1. The molecule has 0 aliphatic heterocycles. The fourth-order valence-electron chi connectivity index (χ4n) is 3.13. The zero-order valence-corrected chi connectivity index (χ0v) is 15.8. The quantitative estimate of drug-likeness (QED) is 0.499. The summed E-state index contributed by atoms with van der Waals surface area (Å²) in [4.78, 5) is 4.62. The number of hydrogen-bond donors (Lipinski definition) is 2. The van der Waals surface area contributed by atoms with Gasteiger partial charge in [0.2, 0.25) is 5.89 Å². The van der Waals surface area contributed by atoms with Crippen LogP contribution in [0.15, 0.2) is 77.2 Å². The number of aromatic nitrogens is 1. The van der Waals surface area contributed by atoms with E-state index in [0.717, 1.165) is 34.5 Å². The summed E-state index contributed by atoms with van der Waals surface area (Å²) in [6, 6.07) is 23.9. The molecule has 1 aromatic heterocycles. The van der Waals surface area contributed by atoms with Crippen LogP contribution in [0.3, 0.4) is 0 Å². The van der Waals surface area contributed by atoms with Crippen LogP contribution < -0.4 is 15.8 Å². The minimum absolute atomic E-state index is 0.0327. The molecule has 0 aliphatic carbocycles. The third kappa shape index (κ3) is 4.15. The second-order valence-electron chi connectivity index (χ2n) is 6.76. The molecule has 0 saturated heterocycles. The number of nitrogens with zero attached hydrogens (tertiary/aromatic N) is 1. The first-order valence-electron chi connectivity index (χ1n) is 9.29. The smallest absolute Gasteiger partial charge is 0.227 e. The summed E-state index contributed by atoms with van der Waals surface area (Å²) < 4.78 is 11.1. The SMILES string of the molecule is COc1ccc(-c2nc3cc(NC[C@H](N)Cc4ccccc4)ccc3o2)cc1. The standard InChI is InChI=1S/C23H23N3O2/c1-27-20-10-7-17(8-11-20)23-26-21-14-19(9-12-22(21)28-23)25-15-18(24)13-16-5-3-2-4-6-16/h2-12,14,18,25H,13,15,24H2,1H3/t18-/m1/s1. The number of benzene rings is 3. The van der Waals surface area contributed by atoms with Crippen LogP contribution in [0.5, 0.6) is 5.75 Å². The molecule has 3 aromatic carbocycles. The topological polar surface area (TPSA) is 73.3 Å². The summed E-state index contributed by atoms with van der Waals surface area (Å²) in [7, 11) is 1.65. The van der Waals surface area contributed by atoms with Gasteiger partial charge in [-0.3, -0.25) is 0 Å². The van der Waals surface area contributed by atoms with Crippen molar-refractivity contribution in [1.29, 1.82) is 0 Å². The monoisotopic (exact) mass is 373 g/mol. The number of hydrogen-bond acceptors (Lipinski definition) is 5. The van der Waals surface area contributed by atoms with Crippen LogP contribution in [-0.2, 0) is 6.42 Å². The normalized spacial score (nSPS) is 12.1. The molecule has 0 bridgehead atoms. The highest BCUT2D eigenvalue weighted by atomic mass is 16.5. The molecule has 0 amide bonds. The first-order chi connectivity index (χ1) is 13.7. The summed E-state index contributed by atoms with van der Waals surface area (Å²) in [5.41, 5.74) is 11.0. The average Bonchev–Trinajstić information content (AvgIpc) is 3.16. The maximum absolute atomic E-state index is 6.26. The van der Waals surface area contributed by atoms with Crippen molar-refractivity contribution in [3.63, 3.8) is 0 Å². The van der Waals surface area contributed by atoms with Gasteiger partial charge in [0.25, 0.3) is 0 Å². The van der Waals surface area contributed by atoms with Crippen LogP contribution in [0, 0.1) is 0 Å². The molecule has 0 radical (unpaired) electrons. The summed E-state index contributed by atoms with van der Waals surface area (Å²) >= 11 is 0. The maximum atomic E-state index is 6.26. The zero-order valence-electron chi connectivity index (χ0n) is 15.8. The molecule has 1 heterocycles. The lowest BCUT2D eigenvalue weighted by Gasteiger charge is -2.13. The van der Waals surface area contributed by atoms with E-state index >= 15 is 0 Å². The molecular weight excluding hydrogens is 350 g/mol. The third-order valence-corrected chi connectivity index (χ3v) is 4.63. The molecule has 5 heteroatoms. The van der Waals surface area contributed by atoms with Gasteiger partial charge in [-0.05, 0) is 54.4 Å². The third-order valence-electron chi connectivity index (χ3n) is 4.63. The van der Waals surface area contributed by atoms with Crippen molar-refractivity contribution in [1.82, 2.24) is 4.98 Å². The second-order valence-corrected chi connectivity index (χ2v) is 6.76. The Hall–Kier alpha value is -3.31. The summed E-state index contributed by atoms with van der Waals surface area (Å²) in [5, 5.41) is 3.40. The summed E-state index contributed by atoms with van der Waals surface area (Å²) in [6.07, 6.45) is 0.835. The average molecular weight is 373 g/mol. The number of fused-ring (bicyclic) bond motifs is 1. The summed E-state index contributed by atoms with van der Waals surface area (Å²) in [6.45, 7) is 0.684. The largest absolute Gasteiger partial charge is 0.497 e. The first kappa shape index (κ1) is 18.1. The van der Waals surface area contributed by atoms with Gasteiger partial charge >= 0.3 is 0 Å². The number of anilines is 1. The van der Waals surface area contributed by atoms with Gasteiger partial charge < -0.3 is 20.2 Å². The van der Waals surface area contributed by atoms with Gasteiger partial charge in [0.05, 0.1) is 7.11 Å². The van der Waals surface area contributed by atoms with E-state index in [1.54, 1.807) is 7.11 Å². The summed E-state index contributed by atoms with van der Waals surface area (Å²) in [5.74, 6) is 1.40. The van der Waals surface area contributed by atoms with Crippen molar-refractivity contribution >= 4 is 16.8 Å². The van der Waals surface area contributed by atoms with Crippen molar-refractivity contribution in [3.8, 4) is 17.2 Å². The van der Waals surface area contributed by atoms with Crippen LogP contribution in [0.4, 0.5) is 5.69 Å². The lowest BCUT2D eigenvalue weighted by molar-refractivity contribution is 0.415. The Kier molecular flexibility index (Phi) is 5.26. The number of nitrogens with one attached hydrogen (secondary N) is 1. The molecule has 0 unspecified atom stereocenters. The van der Waals surface area contributed by atoms with Crippen molar-refractivity contribution < 1.29 is 9.15 Å². The zero-order chi connectivity index (χ0) is 19.3. The van der Waals surface area contributed by atoms with E-state index < -0.39 is 0 Å². The predicted molar refractivity (Wildman–Crippen MR) is 113 cm³/mol. The Labute approximate surface area is 164 Å². The lowest BCUT2D eigenvalue weighted by atomic mass is 10.1. The first-order valence-corrected chi connectivity index (χ1v) is 9.29. The molecule has 4 rings (SSSR count).